The summed E-state index contributed by atoms with van der Waals surface area (Å²) in [6, 6.07) is 0.379. The van der Waals surface area contributed by atoms with Crippen molar-refractivity contribution in [2.75, 3.05) is 20.1 Å². The molecule has 2 unspecified atom stereocenters. The Morgan fingerprint density at radius 1 is 1.03 bits per heavy atom. The van der Waals surface area contributed by atoms with E-state index < -0.39 is 6.10 Å². The number of hydrogen-bond donors (Lipinski definition) is 1. The largest absolute Gasteiger partial charge is 0.462 e. The van der Waals surface area contributed by atoms with Crippen LogP contribution < -0.4 is 5.32 Å². The Bertz CT molecular complexity index is 470. The Balaban J connectivity index is 2.33. The molecule has 1 N–H and O–H groups in total. The average Bonchev–Trinajstić information content (AvgIpc) is 3.10. The number of esters is 1. The van der Waals surface area contributed by atoms with Gasteiger partial charge in [0.15, 0.2) is 0 Å². The first kappa shape index (κ1) is 26.7. The number of nitrogens with one attached hydrogen (secondary N) is 1. The van der Waals surface area contributed by atoms with E-state index in [0.29, 0.717) is 19.0 Å². The first-order valence-corrected chi connectivity index (χ1v) is 11.9. The van der Waals surface area contributed by atoms with Gasteiger partial charge in [0.05, 0.1) is 0 Å². The first-order valence-electron chi connectivity index (χ1n) is 11.9. The van der Waals surface area contributed by atoms with E-state index in [2.05, 4.69) is 38.0 Å². The molecule has 1 rings (SSSR count). The highest BCUT2D eigenvalue weighted by Crippen LogP contribution is 2.17. The van der Waals surface area contributed by atoms with E-state index in [-0.39, 0.29) is 24.6 Å². The van der Waals surface area contributed by atoms with Crippen molar-refractivity contribution in [1.82, 2.24) is 10.2 Å². The van der Waals surface area contributed by atoms with Crippen molar-refractivity contribution in [2.45, 2.75) is 109 Å². The molecule has 6 heteroatoms. The highest BCUT2D eigenvalue weighted by Gasteiger charge is 2.22. The lowest BCUT2D eigenvalue weighted by atomic mass is 10.0. The lowest BCUT2D eigenvalue weighted by Gasteiger charge is -2.22. The summed E-state index contributed by atoms with van der Waals surface area (Å²) in [4.78, 5) is 26.4. The number of ether oxygens (including phenoxy) is 2. The number of rotatable bonds is 16. The summed E-state index contributed by atoms with van der Waals surface area (Å²) >= 11 is 0. The normalized spacial score (nSPS) is 17.8. The lowest BCUT2D eigenvalue weighted by molar-refractivity contribution is -0.146. The van der Waals surface area contributed by atoms with Gasteiger partial charge in [0.2, 0.25) is 0 Å². The van der Waals surface area contributed by atoms with E-state index >= 15 is 0 Å². The van der Waals surface area contributed by atoms with Crippen molar-refractivity contribution >= 4 is 12.1 Å². The summed E-state index contributed by atoms with van der Waals surface area (Å²) in [5, 5.41) is 2.90. The third-order valence-corrected chi connectivity index (χ3v) is 5.78. The van der Waals surface area contributed by atoms with Gasteiger partial charge >= 0.3 is 12.1 Å². The molecule has 0 bridgehead atoms. The van der Waals surface area contributed by atoms with Crippen LogP contribution in [-0.4, -0.2) is 55.3 Å². The summed E-state index contributed by atoms with van der Waals surface area (Å²) in [5.41, 5.74) is 0. The Hall–Kier alpha value is -1.30. The van der Waals surface area contributed by atoms with Crippen LogP contribution in [0.5, 0.6) is 0 Å². The average molecular weight is 425 g/mol. The van der Waals surface area contributed by atoms with Gasteiger partial charge in [0, 0.05) is 19.0 Å². The number of hydrogen-bond acceptors (Lipinski definition) is 5. The van der Waals surface area contributed by atoms with Gasteiger partial charge in [-0.25, -0.2) is 4.79 Å². The fourth-order valence-electron chi connectivity index (χ4n) is 3.92. The van der Waals surface area contributed by atoms with Gasteiger partial charge in [-0.1, -0.05) is 51.9 Å². The third kappa shape index (κ3) is 13.1. The van der Waals surface area contributed by atoms with Crippen LogP contribution in [0, 0.1) is 13.8 Å². The smallest absolute Gasteiger partial charge is 0.407 e. The monoisotopic (exact) mass is 424 g/mol. The number of likely N-dealkylation sites (N-methyl/N-ethyl adjacent to an activating group) is 1. The van der Waals surface area contributed by atoms with E-state index in [1.165, 1.54) is 44.9 Å². The summed E-state index contributed by atoms with van der Waals surface area (Å²) in [6.07, 6.45) is 12.3. The van der Waals surface area contributed by atoms with Crippen LogP contribution in [0.15, 0.2) is 0 Å². The molecule has 0 saturated carbocycles. The lowest BCUT2D eigenvalue weighted by Crippen LogP contribution is -2.39. The van der Waals surface area contributed by atoms with Crippen molar-refractivity contribution in [2.24, 2.45) is 0 Å². The second-order valence-electron chi connectivity index (χ2n) is 8.60. The topological polar surface area (TPSA) is 67.9 Å². The maximum absolute atomic E-state index is 12.3. The molecule has 0 spiro atoms. The highest BCUT2D eigenvalue weighted by molar-refractivity contribution is 5.70. The first-order chi connectivity index (χ1) is 14.4. The maximum Gasteiger partial charge on any atom is 0.407 e. The minimum absolute atomic E-state index is 0.210. The molecule has 0 aromatic heterocycles. The molecule has 6 nitrogen and oxygen atoms in total. The van der Waals surface area contributed by atoms with Crippen LogP contribution in [-0.2, 0) is 14.3 Å². The van der Waals surface area contributed by atoms with E-state index in [9.17, 15) is 9.59 Å². The van der Waals surface area contributed by atoms with Crippen molar-refractivity contribution in [3.63, 3.8) is 0 Å². The van der Waals surface area contributed by atoms with Crippen molar-refractivity contribution in [3.8, 4) is 0 Å². The number of likely N-dealkylation sites (tertiary alicyclic amines) is 1. The number of carbonyl (C=O) groups excluding carboxylic acids is 2. The molecule has 30 heavy (non-hydrogen) atoms. The molecule has 174 valence electrons. The van der Waals surface area contributed by atoms with Gasteiger partial charge < -0.3 is 19.7 Å². The van der Waals surface area contributed by atoms with Gasteiger partial charge in [-0.3, -0.25) is 4.79 Å². The third-order valence-electron chi connectivity index (χ3n) is 5.78. The second-order valence-corrected chi connectivity index (χ2v) is 8.60. The highest BCUT2D eigenvalue weighted by atomic mass is 16.6. The van der Waals surface area contributed by atoms with Crippen LogP contribution in [0.2, 0.25) is 0 Å². The van der Waals surface area contributed by atoms with E-state index in [4.69, 9.17) is 9.47 Å². The van der Waals surface area contributed by atoms with Gasteiger partial charge in [0.1, 0.15) is 12.2 Å². The minimum Gasteiger partial charge on any atom is -0.462 e. The fourth-order valence-corrected chi connectivity index (χ4v) is 3.92. The van der Waals surface area contributed by atoms with Gasteiger partial charge in [-0.15, -0.1) is 0 Å². The summed E-state index contributed by atoms with van der Waals surface area (Å²) in [7, 11) is 2.08. The van der Waals surface area contributed by atoms with Gasteiger partial charge in [-0.05, 0) is 59.5 Å². The molecular weight excluding hydrogens is 380 g/mol. The minimum atomic E-state index is -0.615. The Morgan fingerprint density at radius 2 is 1.70 bits per heavy atom. The molecule has 0 aliphatic carbocycles. The molecule has 2 radical (unpaired) electrons. The number of unbranched alkanes of at least 4 members (excludes halogenated alkanes) is 7. The molecule has 2 atom stereocenters. The predicted octanol–water partition coefficient (Wildman–Crippen LogP) is 5.07. The number of carbonyl (C=O) groups is 2. The SMILES string of the molecule is [CH2]C([CH2])OC(=O)CCC(CCCCCCCCCC)OC(=O)NCC1CCCN1C. The summed E-state index contributed by atoms with van der Waals surface area (Å²) in [5.74, 6) is -0.345. The Labute approximate surface area is 184 Å². The number of amides is 1. The van der Waals surface area contributed by atoms with Crippen LogP contribution in [0.25, 0.3) is 0 Å². The van der Waals surface area contributed by atoms with E-state index in [0.717, 1.165) is 32.2 Å². The maximum atomic E-state index is 12.3. The zero-order valence-corrected chi connectivity index (χ0v) is 19.3. The predicted molar refractivity (Wildman–Crippen MR) is 121 cm³/mol. The molecule has 1 aliphatic heterocycles. The molecule has 1 heterocycles. The Morgan fingerprint density at radius 3 is 2.30 bits per heavy atom. The number of alkyl carbamates (subject to hydrolysis) is 1. The van der Waals surface area contributed by atoms with Crippen molar-refractivity contribution in [3.05, 3.63) is 13.8 Å². The molecular formula is C24H44N2O4. The molecule has 0 aromatic carbocycles. The van der Waals surface area contributed by atoms with Crippen LogP contribution >= 0.6 is 0 Å². The standard InChI is InChI=1S/C24H44N2O4/c1-5-6-7-8-9-10-11-12-15-22(16-17-23(27)29-20(2)3)30-24(28)25-19-21-14-13-18-26(21)4/h20-22H,2-3,5-19H2,1,4H3,(H,25,28). The second kappa shape index (κ2) is 16.4. The quantitative estimate of drug-likeness (QED) is 0.277. The fraction of sp³-hybridized carbons (Fsp3) is 0.833. The molecule has 1 aliphatic rings. The molecule has 1 fully saturated rings. The van der Waals surface area contributed by atoms with Gasteiger partial charge in [-0.2, -0.15) is 0 Å². The van der Waals surface area contributed by atoms with Crippen molar-refractivity contribution < 1.29 is 19.1 Å². The van der Waals surface area contributed by atoms with Crippen LogP contribution in [0.4, 0.5) is 4.79 Å². The molecule has 0 aromatic rings. The van der Waals surface area contributed by atoms with Crippen LogP contribution in [0.3, 0.4) is 0 Å². The molecule has 1 amide bonds. The zero-order chi connectivity index (χ0) is 22.2. The summed E-state index contributed by atoms with van der Waals surface area (Å²) in [6.45, 7) is 11.0. The van der Waals surface area contributed by atoms with E-state index in [1.807, 2.05) is 0 Å². The van der Waals surface area contributed by atoms with Gasteiger partial charge in [0.25, 0.3) is 0 Å². The van der Waals surface area contributed by atoms with Crippen molar-refractivity contribution in [1.29, 1.82) is 0 Å². The number of nitrogens with zero attached hydrogens (tertiary/aromatic N) is 1. The van der Waals surface area contributed by atoms with E-state index in [1.54, 1.807) is 0 Å². The Kier molecular flexibility index (Phi) is 14.6. The zero-order valence-electron chi connectivity index (χ0n) is 19.3. The summed E-state index contributed by atoms with van der Waals surface area (Å²) < 4.78 is 10.7. The molecule has 1 saturated heterocycles. The van der Waals surface area contributed by atoms with Crippen LogP contribution in [0.1, 0.15) is 90.4 Å².